The number of aliphatic hydroxyl groups is 1. The van der Waals surface area contributed by atoms with Crippen molar-refractivity contribution in [3.63, 3.8) is 0 Å². The van der Waals surface area contributed by atoms with E-state index in [1.807, 2.05) is 19.1 Å². The van der Waals surface area contributed by atoms with Crippen LogP contribution in [-0.4, -0.2) is 40.3 Å². The third-order valence-corrected chi connectivity index (χ3v) is 4.78. The molecule has 4 N–H and O–H groups in total. The fraction of sp³-hybridized carbons (Fsp3) is 0.217. The van der Waals surface area contributed by atoms with Crippen LogP contribution in [0.2, 0.25) is 0 Å². The minimum absolute atomic E-state index is 0.0772. The van der Waals surface area contributed by atoms with Crippen LogP contribution in [0.3, 0.4) is 0 Å². The number of fused-ring (bicyclic) bond motifs is 1. The molecule has 8 nitrogen and oxygen atoms in total. The number of rotatable bonds is 9. The van der Waals surface area contributed by atoms with Gasteiger partial charge in [-0.2, -0.15) is 4.98 Å². The molecule has 0 spiro atoms. The van der Waals surface area contributed by atoms with Crippen LogP contribution in [0, 0.1) is 12.7 Å². The summed E-state index contributed by atoms with van der Waals surface area (Å²) in [6.45, 7) is 2.88. The van der Waals surface area contributed by atoms with Gasteiger partial charge in [-0.25, -0.2) is 9.37 Å². The lowest BCUT2D eigenvalue weighted by Gasteiger charge is -2.14. The van der Waals surface area contributed by atoms with Gasteiger partial charge in [-0.3, -0.25) is 5.32 Å². The fourth-order valence-corrected chi connectivity index (χ4v) is 3.27. The van der Waals surface area contributed by atoms with Crippen LogP contribution < -0.4 is 15.4 Å². The van der Waals surface area contributed by atoms with Crippen molar-refractivity contribution < 1.29 is 19.0 Å². The summed E-state index contributed by atoms with van der Waals surface area (Å²) >= 11 is 0. The molecule has 0 amide bonds. The molecule has 0 fully saturated rings. The summed E-state index contributed by atoms with van der Waals surface area (Å²) in [5, 5.41) is 16.8. The third kappa shape index (κ3) is 5.02. The summed E-state index contributed by atoms with van der Waals surface area (Å²) in [5.41, 5.74) is 2.93. The minimum atomic E-state index is -0.836. The maximum Gasteiger partial charge on any atom is 0.230 e. The molecule has 166 valence electrons. The zero-order valence-electron chi connectivity index (χ0n) is 17.7. The average Bonchev–Trinajstić information content (AvgIpc) is 3.17. The highest BCUT2D eigenvalue weighted by atomic mass is 19.1. The highest BCUT2D eigenvalue weighted by Gasteiger charge is 2.13. The largest absolute Gasteiger partial charge is 0.436 e. The van der Waals surface area contributed by atoms with E-state index in [0.717, 1.165) is 5.69 Å². The predicted molar refractivity (Wildman–Crippen MR) is 120 cm³/mol. The van der Waals surface area contributed by atoms with Crippen molar-refractivity contribution in [1.82, 2.24) is 20.3 Å². The maximum absolute atomic E-state index is 14.8. The number of methoxy groups -OCH3 is 1. The first kappa shape index (κ1) is 21.7. The number of ether oxygens (including phenoxy) is 2. The molecule has 0 bridgehead atoms. The molecule has 0 aliphatic heterocycles. The zero-order valence-corrected chi connectivity index (χ0v) is 17.7. The van der Waals surface area contributed by atoms with Gasteiger partial charge < -0.3 is 24.9 Å². The zero-order chi connectivity index (χ0) is 22.5. The highest BCUT2D eigenvalue weighted by Crippen LogP contribution is 2.30. The van der Waals surface area contributed by atoms with Gasteiger partial charge in [-0.05, 0) is 42.8 Å². The summed E-state index contributed by atoms with van der Waals surface area (Å²) < 4.78 is 25.5. The molecule has 0 aliphatic carbocycles. The topological polar surface area (TPSA) is 104 Å². The molecule has 1 unspecified atom stereocenters. The van der Waals surface area contributed by atoms with Crippen LogP contribution in [0.1, 0.15) is 17.5 Å². The molecule has 0 radical (unpaired) electrons. The van der Waals surface area contributed by atoms with Gasteiger partial charge in [0, 0.05) is 48.2 Å². The highest BCUT2D eigenvalue weighted by molar-refractivity contribution is 5.82. The smallest absolute Gasteiger partial charge is 0.230 e. The maximum atomic E-state index is 14.8. The van der Waals surface area contributed by atoms with Crippen molar-refractivity contribution in [2.24, 2.45) is 0 Å². The number of halogens is 1. The second-order valence-electron chi connectivity index (χ2n) is 7.21. The van der Waals surface area contributed by atoms with E-state index in [4.69, 9.17) is 9.47 Å². The van der Waals surface area contributed by atoms with Crippen molar-refractivity contribution in [1.29, 1.82) is 0 Å². The number of aromatic nitrogens is 3. The second-order valence-corrected chi connectivity index (χ2v) is 7.21. The quantitative estimate of drug-likeness (QED) is 0.230. The van der Waals surface area contributed by atoms with E-state index in [-0.39, 0.29) is 17.6 Å². The van der Waals surface area contributed by atoms with Gasteiger partial charge >= 0.3 is 0 Å². The molecule has 9 heteroatoms. The fourth-order valence-electron chi connectivity index (χ4n) is 3.27. The van der Waals surface area contributed by atoms with E-state index in [2.05, 4.69) is 25.6 Å². The Labute approximate surface area is 184 Å². The van der Waals surface area contributed by atoms with Gasteiger partial charge in [-0.15, -0.1) is 0 Å². The Bertz CT molecular complexity index is 1210. The summed E-state index contributed by atoms with van der Waals surface area (Å²) in [7, 11) is 1.60. The summed E-state index contributed by atoms with van der Waals surface area (Å²) in [5.74, 6) is 0.0990. The number of hydrogen-bond acceptors (Lipinski definition) is 7. The molecule has 2 aromatic carbocycles. The second kappa shape index (κ2) is 9.73. The Kier molecular flexibility index (Phi) is 6.60. The van der Waals surface area contributed by atoms with Crippen LogP contribution in [0.25, 0.3) is 10.9 Å². The third-order valence-electron chi connectivity index (χ3n) is 4.78. The normalized spacial score (nSPS) is 12.1. The molecule has 0 saturated carbocycles. The van der Waals surface area contributed by atoms with E-state index >= 15 is 0 Å². The Morgan fingerprint density at radius 2 is 2.06 bits per heavy atom. The number of aliphatic hydroxyl groups excluding tert-OH is 1. The molecule has 2 heterocycles. The average molecular weight is 437 g/mol. The Hall–Kier alpha value is -3.53. The number of hydrogen-bond donors (Lipinski definition) is 4. The van der Waals surface area contributed by atoms with Gasteiger partial charge in [0.05, 0.1) is 6.61 Å². The Morgan fingerprint density at radius 3 is 2.91 bits per heavy atom. The molecular formula is C23H24FN5O3. The van der Waals surface area contributed by atoms with Crippen molar-refractivity contribution >= 4 is 22.5 Å². The number of aryl methyl sites for hydroxylation is 1. The van der Waals surface area contributed by atoms with Crippen molar-refractivity contribution in [3.05, 3.63) is 71.8 Å². The van der Waals surface area contributed by atoms with Crippen LogP contribution in [0.4, 0.5) is 16.0 Å². The Balaban J connectivity index is 1.48. The number of nitrogens with one attached hydrogen (secondary N) is 3. The predicted octanol–water partition coefficient (Wildman–Crippen LogP) is 4.17. The van der Waals surface area contributed by atoms with Crippen molar-refractivity contribution in [3.8, 4) is 11.6 Å². The number of aromatic amines is 1. The summed E-state index contributed by atoms with van der Waals surface area (Å²) in [6.07, 6.45) is 0.685. The van der Waals surface area contributed by atoms with Crippen LogP contribution in [0.15, 0.2) is 54.7 Å². The van der Waals surface area contributed by atoms with Crippen molar-refractivity contribution in [2.75, 3.05) is 25.6 Å². The van der Waals surface area contributed by atoms with Crippen LogP contribution in [-0.2, 0) is 4.74 Å². The Morgan fingerprint density at radius 1 is 1.19 bits per heavy atom. The van der Waals surface area contributed by atoms with E-state index in [0.29, 0.717) is 35.3 Å². The number of nitrogens with zero attached hydrogens (tertiary/aromatic N) is 2. The first-order valence-electron chi connectivity index (χ1n) is 10.1. The molecule has 4 rings (SSSR count). The lowest BCUT2D eigenvalue weighted by molar-refractivity contribution is 0.119. The molecule has 2 aromatic heterocycles. The molecule has 1 atom stereocenters. The monoisotopic (exact) mass is 437 g/mol. The SMILES string of the molecule is COCCNC(O)c1cccc(Nc2nccc(Oc3ccc4[nH]c(C)cc4c3F)n2)c1. The van der Waals surface area contributed by atoms with E-state index in [1.165, 1.54) is 6.20 Å². The molecule has 0 saturated heterocycles. The van der Waals surface area contributed by atoms with Gasteiger partial charge in [0.1, 0.15) is 6.23 Å². The number of benzene rings is 2. The van der Waals surface area contributed by atoms with Crippen LogP contribution in [0.5, 0.6) is 11.6 Å². The first-order chi connectivity index (χ1) is 15.5. The number of H-pyrrole nitrogens is 1. The number of anilines is 2. The summed E-state index contributed by atoms with van der Waals surface area (Å²) in [6, 6.07) is 13.8. The first-order valence-corrected chi connectivity index (χ1v) is 10.1. The molecule has 0 aliphatic rings. The van der Waals surface area contributed by atoms with Crippen molar-refractivity contribution in [2.45, 2.75) is 13.2 Å². The lowest BCUT2D eigenvalue weighted by Crippen LogP contribution is -2.24. The molecular weight excluding hydrogens is 413 g/mol. The summed E-state index contributed by atoms with van der Waals surface area (Å²) in [4.78, 5) is 11.6. The molecule has 4 aromatic rings. The van der Waals surface area contributed by atoms with Gasteiger partial charge in [0.25, 0.3) is 0 Å². The van der Waals surface area contributed by atoms with Crippen LogP contribution >= 0.6 is 0 Å². The van der Waals surface area contributed by atoms with E-state index in [9.17, 15) is 9.50 Å². The minimum Gasteiger partial charge on any atom is -0.436 e. The van der Waals surface area contributed by atoms with Gasteiger partial charge in [-0.1, -0.05) is 12.1 Å². The van der Waals surface area contributed by atoms with E-state index < -0.39 is 12.0 Å². The lowest BCUT2D eigenvalue weighted by atomic mass is 10.1. The molecule has 32 heavy (non-hydrogen) atoms. The van der Waals surface area contributed by atoms with Gasteiger partial charge in [0.2, 0.25) is 11.8 Å². The van der Waals surface area contributed by atoms with Gasteiger partial charge in [0.15, 0.2) is 11.6 Å². The van der Waals surface area contributed by atoms with E-state index in [1.54, 1.807) is 43.5 Å². The standard InChI is InChI=1S/C23H24FN5O3/c1-14-12-17-18(27-14)6-7-19(21(17)24)32-20-8-9-26-23(29-20)28-16-5-3-4-15(13-16)22(30)25-10-11-31-2/h3-9,12-13,22,25,27,30H,10-11H2,1-2H3,(H,26,28,29).